The number of benzene rings is 3. The zero-order valence-corrected chi connectivity index (χ0v) is 19.3. The Morgan fingerprint density at radius 3 is 2.52 bits per heavy atom. The Kier molecular flexibility index (Phi) is 4.22. The summed E-state index contributed by atoms with van der Waals surface area (Å²) >= 11 is 1.89. The third-order valence-corrected chi connectivity index (χ3v) is 8.17. The summed E-state index contributed by atoms with van der Waals surface area (Å²) in [6.07, 6.45) is 3.36. The van der Waals surface area contributed by atoms with Crippen LogP contribution in [0.15, 0.2) is 78.9 Å². The number of aromatic nitrogens is 1. The van der Waals surface area contributed by atoms with Gasteiger partial charge in [-0.25, -0.2) is 4.98 Å². The number of ether oxygens (including phenoxy) is 1. The summed E-state index contributed by atoms with van der Waals surface area (Å²) in [7, 11) is 0. The maximum atomic E-state index is 6.74. The van der Waals surface area contributed by atoms with Crippen LogP contribution in [0.1, 0.15) is 39.7 Å². The molecular formula is C30H23NOS. The lowest BCUT2D eigenvalue weighted by molar-refractivity contribution is 0.243. The highest BCUT2D eigenvalue weighted by Gasteiger charge is 2.34. The molecule has 1 aliphatic carbocycles. The van der Waals surface area contributed by atoms with Crippen LogP contribution in [-0.4, -0.2) is 4.98 Å². The molecule has 0 saturated heterocycles. The predicted octanol–water partition coefficient (Wildman–Crippen LogP) is 7.91. The molecule has 0 saturated carbocycles. The van der Waals surface area contributed by atoms with E-state index in [9.17, 15) is 0 Å². The van der Waals surface area contributed by atoms with Crippen molar-refractivity contribution in [1.29, 1.82) is 0 Å². The van der Waals surface area contributed by atoms with Crippen LogP contribution >= 0.6 is 11.3 Å². The summed E-state index contributed by atoms with van der Waals surface area (Å²) in [5.74, 6) is 0.907. The molecule has 7 rings (SSSR count). The monoisotopic (exact) mass is 445 g/mol. The molecule has 2 nitrogen and oxygen atoms in total. The maximum Gasteiger partial charge on any atom is 0.152 e. The normalized spacial score (nSPS) is 16.2. The molecule has 3 heteroatoms. The number of hydrogen-bond donors (Lipinski definition) is 0. The Morgan fingerprint density at radius 1 is 0.879 bits per heavy atom. The van der Waals surface area contributed by atoms with Crippen LogP contribution in [0.4, 0.5) is 0 Å². The van der Waals surface area contributed by atoms with E-state index in [0.717, 1.165) is 33.8 Å². The van der Waals surface area contributed by atoms with Crippen LogP contribution in [0.2, 0.25) is 0 Å². The second-order valence-electron chi connectivity index (χ2n) is 9.06. The number of fused-ring (bicyclic) bond motifs is 6. The highest BCUT2D eigenvalue weighted by atomic mass is 32.1. The molecule has 0 fully saturated rings. The average molecular weight is 446 g/mol. The molecule has 3 aromatic carbocycles. The van der Waals surface area contributed by atoms with Gasteiger partial charge in [0.2, 0.25) is 0 Å². The molecule has 5 aromatic rings. The van der Waals surface area contributed by atoms with Gasteiger partial charge in [0.1, 0.15) is 10.6 Å². The number of pyridine rings is 1. The molecule has 0 N–H and O–H groups in total. The smallest absolute Gasteiger partial charge is 0.152 e. The number of aryl methyl sites for hydroxylation is 3. The van der Waals surface area contributed by atoms with Gasteiger partial charge in [-0.2, -0.15) is 0 Å². The third kappa shape index (κ3) is 2.89. The first-order valence-electron chi connectivity index (χ1n) is 11.6. The lowest BCUT2D eigenvalue weighted by Crippen LogP contribution is -2.18. The molecule has 0 spiro atoms. The summed E-state index contributed by atoms with van der Waals surface area (Å²) in [4.78, 5) is 8.02. The molecule has 33 heavy (non-hydrogen) atoms. The van der Waals surface area contributed by atoms with Gasteiger partial charge in [-0.15, -0.1) is 11.3 Å². The Balaban J connectivity index is 1.64. The van der Waals surface area contributed by atoms with E-state index in [-0.39, 0.29) is 6.10 Å². The molecule has 3 heterocycles. The van der Waals surface area contributed by atoms with E-state index >= 15 is 0 Å². The first-order chi connectivity index (χ1) is 16.3. The van der Waals surface area contributed by atoms with Gasteiger partial charge in [-0.1, -0.05) is 72.3 Å². The van der Waals surface area contributed by atoms with Crippen molar-refractivity contribution >= 4 is 21.6 Å². The minimum Gasteiger partial charge on any atom is -0.480 e. The van der Waals surface area contributed by atoms with E-state index in [1.807, 2.05) is 17.4 Å². The minimum atomic E-state index is -0.193. The van der Waals surface area contributed by atoms with Crippen LogP contribution in [0.25, 0.3) is 32.6 Å². The average Bonchev–Trinajstić information content (AvgIpc) is 3.45. The number of thiophene rings is 1. The topological polar surface area (TPSA) is 22.1 Å². The standard InChI is InChI=1S/C30H23NOS/c1-18-14-16-19(17-15-18)25-26-22-11-7-13-24(22)33-30(26)31-28-21-10-5-6-12-23(21)32-29(27(25)28)20-8-3-2-4-9-20/h2-6,8-10,12,14-17,29H,7,11,13H2,1H3/t29-/m1/s1. The zero-order valence-electron chi connectivity index (χ0n) is 18.5. The fourth-order valence-electron chi connectivity index (χ4n) is 5.44. The summed E-state index contributed by atoms with van der Waals surface area (Å²) in [5, 5.41) is 1.35. The number of rotatable bonds is 2. The number of para-hydroxylation sites is 1. The summed E-state index contributed by atoms with van der Waals surface area (Å²) in [5.41, 5.74) is 9.84. The molecule has 0 radical (unpaired) electrons. The lowest BCUT2D eigenvalue weighted by atomic mass is 9.85. The van der Waals surface area contributed by atoms with Crippen molar-refractivity contribution in [2.75, 3.05) is 0 Å². The van der Waals surface area contributed by atoms with Crippen molar-refractivity contribution in [3.8, 4) is 28.1 Å². The lowest BCUT2D eigenvalue weighted by Gasteiger charge is -2.31. The van der Waals surface area contributed by atoms with Crippen molar-refractivity contribution in [2.45, 2.75) is 32.3 Å². The van der Waals surface area contributed by atoms with Gasteiger partial charge in [-0.3, -0.25) is 0 Å². The molecule has 2 aromatic heterocycles. The van der Waals surface area contributed by atoms with Gasteiger partial charge < -0.3 is 4.74 Å². The van der Waals surface area contributed by atoms with Crippen LogP contribution < -0.4 is 4.74 Å². The molecule has 2 aliphatic rings. The van der Waals surface area contributed by atoms with E-state index in [4.69, 9.17) is 9.72 Å². The van der Waals surface area contributed by atoms with Gasteiger partial charge >= 0.3 is 0 Å². The van der Waals surface area contributed by atoms with Crippen molar-refractivity contribution in [2.24, 2.45) is 0 Å². The molecule has 0 amide bonds. The summed E-state index contributed by atoms with van der Waals surface area (Å²) in [6, 6.07) is 27.9. The highest BCUT2D eigenvalue weighted by molar-refractivity contribution is 7.19. The van der Waals surface area contributed by atoms with Gasteiger partial charge in [0.15, 0.2) is 6.10 Å². The van der Waals surface area contributed by atoms with E-state index in [0.29, 0.717) is 0 Å². The molecule has 1 aliphatic heterocycles. The van der Waals surface area contributed by atoms with Gasteiger partial charge in [0, 0.05) is 27.0 Å². The number of nitrogens with zero attached hydrogens (tertiary/aromatic N) is 1. The Hall–Kier alpha value is -3.43. The zero-order chi connectivity index (χ0) is 21.9. The SMILES string of the molecule is Cc1ccc(-c2c3c(nc4sc5c(c24)CCC5)-c2ccccc2O[C@@H]3c2ccccc2)cc1. The minimum absolute atomic E-state index is 0.193. The second kappa shape index (κ2) is 7.29. The summed E-state index contributed by atoms with van der Waals surface area (Å²) < 4.78 is 6.74. The first kappa shape index (κ1) is 19.1. The predicted molar refractivity (Wildman–Crippen MR) is 136 cm³/mol. The van der Waals surface area contributed by atoms with E-state index in [1.54, 1.807) is 0 Å². The van der Waals surface area contributed by atoms with E-state index < -0.39 is 0 Å². The second-order valence-corrected chi connectivity index (χ2v) is 10.1. The fraction of sp³-hybridized carbons (Fsp3) is 0.167. The largest absolute Gasteiger partial charge is 0.480 e. The Labute approximate surface area is 197 Å². The van der Waals surface area contributed by atoms with Crippen molar-refractivity contribution < 1.29 is 4.74 Å². The van der Waals surface area contributed by atoms with Crippen molar-refractivity contribution in [3.05, 3.63) is 106 Å². The Morgan fingerprint density at radius 2 is 1.67 bits per heavy atom. The molecule has 0 bridgehead atoms. The first-order valence-corrected chi connectivity index (χ1v) is 12.5. The van der Waals surface area contributed by atoms with Crippen LogP contribution in [0, 0.1) is 6.92 Å². The van der Waals surface area contributed by atoms with Crippen LogP contribution in [0.3, 0.4) is 0 Å². The van der Waals surface area contributed by atoms with Gasteiger partial charge in [0.05, 0.1) is 5.69 Å². The van der Waals surface area contributed by atoms with Gasteiger partial charge in [-0.05, 0) is 55.0 Å². The maximum absolute atomic E-state index is 6.74. The quantitative estimate of drug-likeness (QED) is 0.275. The van der Waals surface area contributed by atoms with Crippen LogP contribution in [-0.2, 0) is 12.8 Å². The van der Waals surface area contributed by atoms with E-state index in [2.05, 4.69) is 79.7 Å². The van der Waals surface area contributed by atoms with Crippen LogP contribution in [0.5, 0.6) is 5.75 Å². The third-order valence-electron chi connectivity index (χ3n) is 6.98. The van der Waals surface area contributed by atoms with E-state index in [1.165, 1.54) is 50.9 Å². The molecule has 160 valence electrons. The van der Waals surface area contributed by atoms with Crippen molar-refractivity contribution in [3.63, 3.8) is 0 Å². The summed E-state index contributed by atoms with van der Waals surface area (Å²) in [6.45, 7) is 2.15. The molecule has 1 atom stereocenters. The highest BCUT2D eigenvalue weighted by Crippen LogP contribution is 2.52. The Bertz CT molecular complexity index is 1520. The fourth-order valence-corrected chi connectivity index (χ4v) is 6.71. The van der Waals surface area contributed by atoms with Gasteiger partial charge in [0.25, 0.3) is 0 Å². The molecular weight excluding hydrogens is 422 g/mol. The number of hydrogen-bond acceptors (Lipinski definition) is 3. The molecule has 0 unspecified atom stereocenters. The van der Waals surface area contributed by atoms with Crippen molar-refractivity contribution in [1.82, 2.24) is 4.98 Å².